The second-order valence-electron chi connectivity index (χ2n) is 6.93. The molecule has 0 unspecified atom stereocenters. The van der Waals surface area contributed by atoms with E-state index in [4.69, 9.17) is 0 Å². The van der Waals surface area contributed by atoms with Crippen molar-refractivity contribution in [2.75, 3.05) is 25.1 Å². The van der Waals surface area contributed by atoms with Gasteiger partial charge < -0.3 is 14.8 Å². The highest BCUT2D eigenvalue weighted by atomic mass is 19.3. The van der Waals surface area contributed by atoms with Crippen LogP contribution in [0.25, 0.3) is 11.1 Å². The van der Waals surface area contributed by atoms with E-state index in [1.807, 2.05) is 0 Å². The van der Waals surface area contributed by atoms with Gasteiger partial charge in [0.05, 0.1) is 24.8 Å². The van der Waals surface area contributed by atoms with Crippen LogP contribution in [-0.2, 0) is 19.1 Å². The summed E-state index contributed by atoms with van der Waals surface area (Å²) in [6, 6.07) is 0.447. The zero-order chi connectivity index (χ0) is 26.2. The average Bonchev–Trinajstić information content (AvgIpc) is 2.80. The van der Waals surface area contributed by atoms with Crippen molar-refractivity contribution < 1.29 is 59.0 Å². The van der Waals surface area contributed by atoms with Gasteiger partial charge in [0.15, 0.2) is 29.0 Å². The van der Waals surface area contributed by atoms with E-state index in [-0.39, 0.29) is 23.9 Å². The lowest BCUT2D eigenvalue weighted by atomic mass is 10.0. The fraction of sp³-hybridized carbons (Fsp3) is 0.250. The largest absolute Gasteiger partial charge is 0.482 e. The van der Waals surface area contributed by atoms with Crippen LogP contribution in [0.4, 0.5) is 40.8 Å². The zero-order valence-corrected chi connectivity index (χ0v) is 17.3. The van der Waals surface area contributed by atoms with E-state index < -0.39 is 87.9 Å². The third-order valence-electron chi connectivity index (χ3n) is 4.73. The molecule has 1 aliphatic rings. The van der Waals surface area contributed by atoms with Crippen LogP contribution in [0.5, 0.6) is 5.75 Å². The number of methoxy groups -OCH3 is 1. The van der Waals surface area contributed by atoms with E-state index in [0.717, 1.165) is 7.11 Å². The predicted octanol–water partition coefficient (Wildman–Crippen LogP) is 3.19. The first-order valence-corrected chi connectivity index (χ1v) is 9.37. The summed E-state index contributed by atoms with van der Waals surface area (Å²) >= 11 is 0. The third kappa shape index (κ3) is 4.70. The molecule has 1 N–H and O–H groups in total. The SMILES string of the molecule is COC(=O)CCNC(=O)CN1C(=O)C(F)(F)Oc2cc(F)c(-c3c(F)c(F)c(F)c(F)c3F)cc21. The summed E-state index contributed by atoms with van der Waals surface area (Å²) in [6.07, 6.45) is -4.92. The predicted molar refractivity (Wildman–Crippen MR) is 99.2 cm³/mol. The number of halogens is 8. The molecule has 0 atom stereocenters. The van der Waals surface area contributed by atoms with Crippen molar-refractivity contribution in [2.45, 2.75) is 12.5 Å². The van der Waals surface area contributed by atoms with Crippen molar-refractivity contribution in [3.05, 3.63) is 47.0 Å². The topological polar surface area (TPSA) is 84.9 Å². The lowest BCUT2D eigenvalue weighted by Crippen LogP contribution is -2.53. The van der Waals surface area contributed by atoms with Crippen LogP contribution in [0.2, 0.25) is 0 Å². The molecule has 0 fully saturated rings. The van der Waals surface area contributed by atoms with Gasteiger partial charge >= 0.3 is 18.0 Å². The molecule has 0 saturated heterocycles. The Bertz CT molecular complexity index is 1210. The van der Waals surface area contributed by atoms with E-state index in [0.29, 0.717) is 6.07 Å². The molecular weight excluding hydrogens is 500 g/mol. The molecule has 2 amide bonds. The van der Waals surface area contributed by atoms with Crippen molar-refractivity contribution in [2.24, 2.45) is 0 Å². The summed E-state index contributed by atoms with van der Waals surface area (Å²) < 4.78 is 120. The molecule has 2 aromatic carbocycles. The first-order valence-electron chi connectivity index (χ1n) is 9.37. The fourth-order valence-corrected chi connectivity index (χ4v) is 3.08. The van der Waals surface area contributed by atoms with Gasteiger partial charge in [-0.25, -0.2) is 26.3 Å². The lowest BCUT2D eigenvalue weighted by Gasteiger charge is -2.33. The monoisotopic (exact) mass is 512 g/mol. The highest BCUT2D eigenvalue weighted by Gasteiger charge is 2.51. The molecule has 3 rings (SSSR count). The van der Waals surface area contributed by atoms with Gasteiger partial charge in [0, 0.05) is 18.2 Å². The number of amides is 2. The quantitative estimate of drug-likeness (QED) is 0.278. The zero-order valence-electron chi connectivity index (χ0n) is 17.3. The van der Waals surface area contributed by atoms with Crippen LogP contribution < -0.4 is 15.0 Å². The molecule has 0 radical (unpaired) electrons. The molecule has 35 heavy (non-hydrogen) atoms. The first-order chi connectivity index (χ1) is 16.3. The maximum absolute atomic E-state index is 14.6. The van der Waals surface area contributed by atoms with E-state index in [2.05, 4.69) is 14.8 Å². The van der Waals surface area contributed by atoms with E-state index in [9.17, 15) is 49.5 Å². The number of carbonyl (C=O) groups is 3. The van der Waals surface area contributed by atoms with Crippen LogP contribution in [0.3, 0.4) is 0 Å². The molecule has 0 saturated carbocycles. The van der Waals surface area contributed by atoms with Crippen molar-refractivity contribution >= 4 is 23.5 Å². The van der Waals surface area contributed by atoms with Gasteiger partial charge in [0.1, 0.15) is 12.4 Å². The number of hydrogen-bond acceptors (Lipinski definition) is 5. The summed E-state index contributed by atoms with van der Waals surface area (Å²) in [5, 5.41) is 2.12. The van der Waals surface area contributed by atoms with Crippen molar-refractivity contribution in [1.82, 2.24) is 5.32 Å². The van der Waals surface area contributed by atoms with Gasteiger partial charge in [-0.2, -0.15) is 8.78 Å². The molecule has 188 valence electrons. The molecular formula is C20H12F8N2O5. The summed E-state index contributed by atoms with van der Waals surface area (Å²) in [5.74, 6) is -19.0. The molecule has 15 heteroatoms. The third-order valence-corrected chi connectivity index (χ3v) is 4.73. The first kappa shape index (κ1) is 25.7. The molecule has 2 aromatic rings. The second-order valence-corrected chi connectivity index (χ2v) is 6.93. The van der Waals surface area contributed by atoms with E-state index in [1.165, 1.54) is 0 Å². The van der Waals surface area contributed by atoms with Gasteiger partial charge in [-0.15, -0.1) is 0 Å². The van der Waals surface area contributed by atoms with Crippen molar-refractivity contribution in [1.29, 1.82) is 0 Å². The molecule has 0 aromatic heterocycles. The minimum Gasteiger partial charge on any atom is -0.469 e. The molecule has 7 nitrogen and oxygen atoms in total. The Balaban J connectivity index is 2.07. The Morgan fingerprint density at radius 3 is 2.14 bits per heavy atom. The lowest BCUT2D eigenvalue weighted by molar-refractivity contribution is -0.192. The van der Waals surface area contributed by atoms with Crippen LogP contribution in [-0.4, -0.2) is 44.1 Å². The van der Waals surface area contributed by atoms with Gasteiger partial charge in [0.2, 0.25) is 11.7 Å². The molecule has 0 bridgehead atoms. The number of rotatable bonds is 6. The summed E-state index contributed by atoms with van der Waals surface area (Å²) in [4.78, 5) is 35.4. The normalized spacial score (nSPS) is 14.3. The number of nitrogens with one attached hydrogen (secondary N) is 1. The van der Waals surface area contributed by atoms with Crippen LogP contribution in [0.15, 0.2) is 12.1 Å². The number of hydrogen-bond donors (Lipinski definition) is 1. The van der Waals surface area contributed by atoms with E-state index in [1.54, 1.807) is 0 Å². The van der Waals surface area contributed by atoms with Gasteiger partial charge in [-0.1, -0.05) is 0 Å². The number of alkyl halides is 2. The highest BCUT2D eigenvalue weighted by molar-refractivity contribution is 6.05. The number of fused-ring (bicyclic) bond motifs is 1. The average molecular weight is 512 g/mol. The van der Waals surface area contributed by atoms with Crippen LogP contribution in [0.1, 0.15) is 6.42 Å². The van der Waals surface area contributed by atoms with Gasteiger partial charge in [-0.3, -0.25) is 19.3 Å². The Hall–Kier alpha value is -3.91. The number of carbonyl (C=O) groups excluding carboxylic acids is 3. The minimum atomic E-state index is -4.60. The van der Waals surface area contributed by atoms with Crippen molar-refractivity contribution in [3.63, 3.8) is 0 Å². The Labute approximate surface area is 190 Å². The second kappa shape index (κ2) is 9.38. The smallest absolute Gasteiger partial charge is 0.469 e. The minimum absolute atomic E-state index is 0.0568. The highest BCUT2D eigenvalue weighted by Crippen LogP contribution is 2.44. The number of esters is 1. The van der Waals surface area contributed by atoms with Crippen LogP contribution >= 0.6 is 0 Å². The Morgan fingerprint density at radius 1 is 1.00 bits per heavy atom. The summed E-state index contributed by atoms with van der Waals surface area (Å²) in [6.45, 7) is -1.50. The van der Waals surface area contributed by atoms with Crippen LogP contribution in [0, 0.1) is 34.9 Å². The Kier molecular flexibility index (Phi) is 6.89. The number of benzene rings is 2. The molecule has 0 aliphatic carbocycles. The van der Waals surface area contributed by atoms with Gasteiger partial charge in [-0.05, 0) is 6.07 Å². The number of anilines is 1. The standard InChI is InChI=1S/C20H12F8N2O5/c1-34-12(32)2-3-29-11(31)6-30-9-4-7(8(21)5-10(9)35-20(27,28)19(30)33)13-14(22)16(24)18(26)17(25)15(13)23/h4-5H,2-3,6H2,1H3,(H,29,31). The van der Waals surface area contributed by atoms with Gasteiger partial charge in [0.25, 0.3) is 0 Å². The Morgan fingerprint density at radius 2 is 1.57 bits per heavy atom. The maximum Gasteiger partial charge on any atom is 0.482 e. The fourth-order valence-electron chi connectivity index (χ4n) is 3.08. The molecule has 1 aliphatic heterocycles. The molecule has 0 spiro atoms. The number of ether oxygens (including phenoxy) is 2. The molecule has 1 heterocycles. The number of nitrogens with zero attached hydrogens (tertiary/aromatic N) is 1. The van der Waals surface area contributed by atoms with E-state index >= 15 is 0 Å². The summed E-state index contributed by atoms with van der Waals surface area (Å²) in [5.41, 5.74) is -3.87. The van der Waals surface area contributed by atoms with Crippen molar-refractivity contribution in [3.8, 4) is 16.9 Å². The summed E-state index contributed by atoms with van der Waals surface area (Å²) in [7, 11) is 1.07. The maximum atomic E-state index is 14.6.